The lowest BCUT2D eigenvalue weighted by molar-refractivity contribution is -0.155. The molecule has 0 amide bonds. The van der Waals surface area contributed by atoms with Crippen LogP contribution in [0.3, 0.4) is 0 Å². The molecule has 0 aliphatic carbocycles. The molecule has 0 radical (unpaired) electrons. The largest absolute Gasteiger partial charge is 0.467 e. The number of carbonyl (C=O) groups excluding carboxylic acids is 1. The third-order valence-electron chi connectivity index (χ3n) is 5.59. The summed E-state index contributed by atoms with van der Waals surface area (Å²) in [6.07, 6.45) is 17.4. The minimum absolute atomic E-state index is 0.140. The molecule has 0 aliphatic heterocycles. The summed E-state index contributed by atoms with van der Waals surface area (Å²) in [5, 5.41) is 9.16. The fraction of sp³-hybridized carbons (Fsp3) is 0.621. The van der Waals surface area contributed by atoms with Crippen LogP contribution < -0.4 is 0 Å². The molecular formula is C29H48O4. The van der Waals surface area contributed by atoms with E-state index in [4.69, 9.17) is 9.84 Å². The monoisotopic (exact) mass is 460 g/mol. The van der Waals surface area contributed by atoms with Crippen LogP contribution >= 0.6 is 0 Å². The average Bonchev–Trinajstić information content (AvgIpc) is 2.76. The van der Waals surface area contributed by atoms with E-state index in [1.54, 1.807) is 0 Å². The molecule has 33 heavy (non-hydrogen) atoms. The number of methoxy groups -OCH3 is 1. The molecule has 0 fully saturated rings. The molecule has 4 heteroatoms. The molecule has 0 saturated heterocycles. The van der Waals surface area contributed by atoms with Gasteiger partial charge in [0.25, 0.3) is 0 Å². The number of aliphatic hydroxyl groups excluding tert-OH is 1. The van der Waals surface area contributed by atoms with Gasteiger partial charge >= 0.3 is 5.97 Å². The molecule has 188 valence electrons. The number of allylic oxidation sites excluding steroid dienone is 8. The van der Waals surface area contributed by atoms with Crippen molar-refractivity contribution in [1.82, 2.24) is 0 Å². The van der Waals surface area contributed by atoms with Gasteiger partial charge in [0.15, 0.2) is 6.10 Å². The highest BCUT2D eigenvalue weighted by Crippen LogP contribution is 2.27. The second kappa shape index (κ2) is 17.6. The van der Waals surface area contributed by atoms with Crippen molar-refractivity contribution in [3.05, 3.63) is 59.3 Å². The van der Waals surface area contributed by atoms with E-state index in [-0.39, 0.29) is 18.6 Å². The summed E-state index contributed by atoms with van der Waals surface area (Å²) < 4.78 is 9.95. The maximum absolute atomic E-state index is 11.4. The van der Waals surface area contributed by atoms with Crippen LogP contribution in [0.4, 0.5) is 0 Å². The van der Waals surface area contributed by atoms with E-state index in [1.165, 1.54) is 29.4 Å². The molecule has 0 rings (SSSR count). The van der Waals surface area contributed by atoms with Crippen molar-refractivity contribution in [3.8, 4) is 0 Å². The fourth-order valence-corrected chi connectivity index (χ4v) is 3.14. The van der Waals surface area contributed by atoms with Crippen LogP contribution in [0.5, 0.6) is 0 Å². The second-order valence-electron chi connectivity index (χ2n) is 9.83. The summed E-state index contributed by atoms with van der Waals surface area (Å²) in [4.78, 5) is 11.4. The molecule has 0 aromatic rings. The van der Waals surface area contributed by atoms with Crippen LogP contribution in [0, 0.1) is 5.41 Å². The van der Waals surface area contributed by atoms with Crippen LogP contribution in [0.1, 0.15) is 86.5 Å². The zero-order valence-corrected chi connectivity index (χ0v) is 22.2. The number of ether oxygens (including phenoxy) is 2. The lowest BCUT2D eigenvalue weighted by atomic mass is 9.85. The molecule has 0 aliphatic rings. The molecule has 0 spiro atoms. The number of hydrogen-bond donors (Lipinski definition) is 1. The topological polar surface area (TPSA) is 55.8 Å². The summed E-state index contributed by atoms with van der Waals surface area (Å²) in [7, 11) is 1.28. The lowest BCUT2D eigenvalue weighted by Gasteiger charge is -2.20. The summed E-state index contributed by atoms with van der Waals surface area (Å²) in [5.41, 5.74) is 5.46. The summed E-state index contributed by atoms with van der Waals surface area (Å²) >= 11 is 0. The quantitative estimate of drug-likeness (QED) is 0.183. The SMILES string of the molecule is C=C(CC=C(C)CCC=C(C)C)CCC(C)(C)C=CCCC(C)=CCO[C@H](CO)C(=O)OC. The first-order valence-electron chi connectivity index (χ1n) is 12.1. The molecule has 0 saturated carbocycles. The van der Waals surface area contributed by atoms with Crippen molar-refractivity contribution in [2.75, 3.05) is 20.3 Å². The van der Waals surface area contributed by atoms with Crippen molar-refractivity contribution < 1.29 is 19.4 Å². The van der Waals surface area contributed by atoms with Gasteiger partial charge in [-0.1, -0.05) is 73.1 Å². The van der Waals surface area contributed by atoms with Gasteiger partial charge in [-0.3, -0.25) is 0 Å². The van der Waals surface area contributed by atoms with E-state index in [2.05, 4.69) is 70.2 Å². The lowest BCUT2D eigenvalue weighted by Crippen LogP contribution is -2.29. The fourth-order valence-electron chi connectivity index (χ4n) is 3.14. The number of aliphatic hydroxyl groups is 1. The Morgan fingerprint density at radius 2 is 1.64 bits per heavy atom. The summed E-state index contributed by atoms with van der Waals surface area (Å²) in [6.45, 7) is 17.3. The van der Waals surface area contributed by atoms with Gasteiger partial charge in [-0.25, -0.2) is 4.79 Å². The Labute approximate surface area is 203 Å². The number of carbonyl (C=O) groups is 1. The summed E-state index contributed by atoms with van der Waals surface area (Å²) in [6, 6.07) is 0. The predicted molar refractivity (Wildman–Crippen MR) is 140 cm³/mol. The van der Waals surface area contributed by atoms with Crippen LogP contribution in [0.2, 0.25) is 0 Å². The molecule has 0 aromatic heterocycles. The van der Waals surface area contributed by atoms with Crippen LogP contribution in [-0.2, 0) is 14.3 Å². The van der Waals surface area contributed by atoms with Gasteiger partial charge < -0.3 is 14.6 Å². The minimum Gasteiger partial charge on any atom is -0.467 e. The third kappa shape index (κ3) is 17.3. The Hall–Kier alpha value is -1.91. The normalized spacial score (nSPS) is 13.8. The van der Waals surface area contributed by atoms with Crippen LogP contribution in [0.15, 0.2) is 59.3 Å². The molecule has 4 nitrogen and oxygen atoms in total. The highest BCUT2D eigenvalue weighted by molar-refractivity contribution is 5.74. The van der Waals surface area contributed by atoms with Gasteiger partial charge in [0.1, 0.15) is 0 Å². The van der Waals surface area contributed by atoms with Crippen molar-refractivity contribution >= 4 is 5.97 Å². The standard InChI is InChI=1S/C29H48O4/c1-23(2)12-11-14-24(3)15-16-26(5)17-20-29(6,7)19-10-9-13-25(4)18-21-33-27(22-30)28(31)32-8/h10,12,15,18-19,27,30H,5,9,11,13-14,16-17,20-22H2,1-4,6-8H3/t27-/m1/s1. The van der Waals surface area contributed by atoms with Gasteiger partial charge in [-0.2, -0.15) is 0 Å². The molecular weight excluding hydrogens is 412 g/mol. The van der Waals surface area contributed by atoms with E-state index < -0.39 is 12.1 Å². The maximum Gasteiger partial charge on any atom is 0.337 e. The van der Waals surface area contributed by atoms with Gasteiger partial charge in [-0.15, -0.1) is 0 Å². The van der Waals surface area contributed by atoms with Gasteiger partial charge in [-0.05, 0) is 78.1 Å². The molecule has 0 unspecified atom stereocenters. The number of esters is 1. The first-order valence-corrected chi connectivity index (χ1v) is 12.1. The smallest absolute Gasteiger partial charge is 0.337 e. The van der Waals surface area contributed by atoms with E-state index in [0.29, 0.717) is 0 Å². The number of hydrogen-bond acceptors (Lipinski definition) is 4. The van der Waals surface area contributed by atoms with E-state index in [1.807, 2.05) is 13.0 Å². The molecule has 0 aromatic carbocycles. The molecule has 0 bridgehead atoms. The highest BCUT2D eigenvalue weighted by Gasteiger charge is 2.17. The van der Waals surface area contributed by atoms with Gasteiger partial charge in [0, 0.05) is 0 Å². The van der Waals surface area contributed by atoms with E-state index >= 15 is 0 Å². The van der Waals surface area contributed by atoms with Crippen LogP contribution in [-0.4, -0.2) is 37.5 Å². The van der Waals surface area contributed by atoms with Crippen LogP contribution in [0.25, 0.3) is 0 Å². The predicted octanol–water partition coefficient (Wildman–Crippen LogP) is 7.27. The Bertz CT molecular complexity index is 703. The number of rotatable bonds is 17. The Morgan fingerprint density at radius 1 is 1.00 bits per heavy atom. The third-order valence-corrected chi connectivity index (χ3v) is 5.59. The zero-order chi connectivity index (χ0) is 25.3. The molecule has 0 heterocycles. The van der Waals surface area contributed by atoms with Crippen molar-refractivity contribution in [2.24, 2.45) is 5.41 Å². The minimum atomic E-state index is -0.920. The van der Waals surface area contributed by atoms with E-state index in [0.717, 1.165) is 44.9 Å². The van der Waals surface area contributed by atoms with Crippen molar-refractivity contribution in [1.29, 1.82) is 0 Å². The molecule has 1 N–H and O–H groups in total. The highest BCUT2D eigenvalue weighted by atomic mass is 16.6. The summed E-state index contributed by atoms with van der Waals surface area (Å²) in [5.74, 6) is -0.554. The second-order valence-corrected chi connectivity index (χ2v) is 9.83. The molecule has 1 atom stereocenters. The van der Waals surface area contributed by atoms with Gasteiger partial charge in [0.05, 0.1) is 20.3 Å². The zero-order valence-electron chi connectivity index (χ0n) is 22.2. The van der Waals surface area contributed by atoms with Gasteiger partial charge in [0.2, 0.25) is 0 Å². The average molecular weight is 461 g/mol. The Morgan fingerprint density at radius 3 is 2.24 bits per heavy atom. The van der Waals surface area contributed by atoms with E-state index in [9.17, 15) is 4.79 Å². The first-order chi connectivity index (χ1) is 15.5. The maximum atomic E-state index is 11.4. The van der Waals surface area contributed by atoms with Crippen molar-refractivity contribution in [2.45, 2.75) is 92.6 Å². The Balaban J connectivity index is 4.29. The Kier molecular flexibility index (Phi) is 16.5. The first kappa shape index (κ1) is 31.1. The van der Waals surface area contributed by atoms with Crippen molar-refractivity contribution in [3.63, 3.8) is 0 Å².